The third kappa shape index (κ3) is 2.60. The molecule has 2 rings (SSSR count). The fourth-order valence-electron chi connectivity index (χ4n) is 1.71. The van der Waals surface area contributed by atoms with Gasteiger partial charge in [0.25, 0.3) is 0 Å². The van der Waals surface area contributed by atoms with E-state index in [1.807, 2.05) is 19.2 Å². The second-order valence-electron chi connectivity index (χ2n) is 3.63. The van der Waals surface area contributed by atoms with Crippen LogP contribution in [0.1, 0.15) is 18.9 Å². The van der Waals surface area contributed by atoms with E-state index < -0.39 is 0 Å². The van der Waals surface area contributed by atoms with E-state index in [-0.39, 0.29) is 0 Å². The highest BCUT2D eigenvalue weighted by Crippen LogP contribution is 2.17. The third-order valence-electron chi connectivity index (χ3n) is 2.48. The fraction of sp³-hybridized carbons (Fsp3) is 0.214. The van der Waals surface area contributed by atoms with E-state index in [0.717, 1.165) is 18.8 Å². The summed E-state index contributed by atoms with van der Waals surface area (Å²) in [7, 11) is 0. The molecule has 0 spiro atoms. The second-order valence-corrected chi connectivity index (χ2v) is 3.63. The van der Waals surface area contributed by atoms with Crippen LogP contribution >= 0.6 is 0 Å². The lowest BCUT2D eigenvalue weighted by Crippen LogP contribution is -2.15. The summed E-state index contributed by atoms with van der Waals surface area (Å²) in [6, 6.07) is 10.4. The molecule has 1 aliphatic heterocycles. The molecule has 0 aliphatic carbocycles. The first-order valence-corrected chi connectivity index (χ1v) is 5.62. The summed E-state index contributed by atoms with van der Waals surface area (Å²) in [5.41, 5.74) is 2.49. The average molecular weight is 212 g/mol. The van der Waals surface area contributed by atoms with E-state index in [1.54, 1.807) is 0 Å². The van der Waals surface area contributed by atoms with Gasteiger partial charge in [0.15, 0.2) is 0 Å². The standard InChI is InChI=1S/C14H16N2/c1-2-15-14-9-8-13(10-11-16-14)12-6-4-3-5-7-12/h3-8,10-11H,2,9H2,1H3,(H,15,16). The molecule has 0 atom stereocenters. The van der Waals surface area contributed by atoms with Gasteiger partial charge in [-0.15, -0.1) is 0 Å². The number of aliphatic imine (C=N–C) groups is 1. The van der Waals surface area contributed by atoms with Crippen LogP contribution in [0.2, 0.25) is 0 Å². The van der Waals surface area contributed by atoms with Gasteiger partial charge < -0.3 is 5.32 Å². The molecule has 0 radical (unpaired) electrons. The van der Waals surface area contributed by atoms with Crippen molar-refractivity contribution in [1.29, 1.82) is 0 Å². The van der Waals surface area contributed by atoms with Crippen LogP contribution in [-0.4, -0.2) is 12.4 Å². The van der Waals surface area contributed by atoms with Crippen LogP contribution in [0.25, 0.3) is 5.57 Å². The van der Waals surface area contributed by atoms with Crippen molar-refractivity contribution in [2.75, 3.05) is 6.54 Å². The van der Waals surface area contributed by atoms with Crippen LogP contribution in [0, 0.1) is 0 Å². The summed E-state index contributed by atoms with van der Waals surface area (Å²) in [6.45, 7) is 2.87. The maximum absolute atomic E-state index is 4.38. The van der Waals surface area contributed by atoms with Gasteiger partial charge in [0.05, 0.1) is 0 Å². The molecule has 1 N–H and O–H groups in total. The predicted octanol–water partition coefficient (Wildman–Crippen LogP) is 3.00. The fourth-order valence-corrected chi connectivity index (χ4v) is 1.71. The first-order valence-electron chi connectivity index (χ1n) is 5.62. The van der Waals surface area contributed by atoms with Crippen LogP contribution < -0.4 is 5.32 Å². The molecule has 1 heterocycles. The lowest BCUT2D eigenvalue weighted by molar-refractivity contribution is 1.07. The molecule has 0 amide bonds. The van der Waals surface area contributed by atoms with E-state index in [2.05, 4.69) is 46.7 Å². The zero-order valence-corrected chi connectivity index (χ0v) is 9.48. The van der Waals surface area contributed by atoms with E-state index in [4.69, 9.17) is 0 Å². The third-order valence-corrected chi connectivity index (χ3v) is 2.48. The Morgan fingerprint density at radius 3 is 2.81 bits per heavy atom. The Balaban J connectivity index is 2.21. The van der Waals surface area contributed by atoms with Crippen LogP contribution in [0.4, 0.5) is 0 Å². The van der Waals surface area contributed by atoms with Crippen molar-refractivity contribution in [2.45, 2.75) is 13.3 Å². The summed E-state index contributed by atoms with van der Waals surface area (Å²) in [6.07, 6.45) is 7.12. The Morgan fingerprint density at radius 1 is 1.25 bits per heavy atom. The van der Waals surface area contributed by atoms with Crippen molar-refractivity contribution in [3.8, 4) is 0 Å². The van der Waals surface area contributed by atoms with E-state index in [1.165, 1.54) is 11.1 Å². The number of amidine groups is 1. The lowest BCUT2D eigenvalue weighted by Gasteiger charge is -2.00. The van der Waals surface area contributed by atoms with Gasteiger partial charge in [0, 0.05) is 19.2 Å². The average Bonchev–Trinajstić information content (AvgIpc) is 2.57. The van der Waals surface area contributed by atoms with Crippen LogP contribution in [0.3, 0.4) is 0 Å². The minimum Gasteiger partial charge on any atom is -0.350 e. The molecule has 0 saturated heterocycles. The first kappa shape index (κ1) is 10.7. The van der Waals surface area contributed by atoms with Crippen molar-refractivity contribution >= 4 is 11.4 Å². The van der Waals surface area contributed by atoms with Gasteiger partial charge in [-0.25, -0.2) is 0 Å². The van der Waals surface area contributed by atoms with Gasteiger partial charge in [-0.2, -0.15) is 0 Å². The topological polar surface area (TPSA) is 24.4 Å². The first-order chi connectivity index (χ1) is 7.90. The minimum absolute atomic E-state index is 0.824. The molecule has 0 aromatic heterocycles. The van der Waals surface area contributed by atoms with Crippen molar-refractivity contribution < 1.29 is 0 Å². The number of nitrogens with one attached hydrogen (secondary N) is 1. The lowest BCUT2D eigenvalue weighted by atomic mass is 10.1. The number of hydrogen-bond donors (Lipinski definition) is 1. The maximum atomic E-state index is 4.38. The monoisotopic (exact) mass is 212 g/mol. The molecule has 0 saturated carbocycles. The van der Waals surface area contributed by atoms with Crippen molar-refractivity contribution in [3.05, 3.63) is 54.2 Å². The predicted molar refractivity (Wildman–Crippen MR) is 69.3 cm³/mol. The molecular formula is C14H16N2. The molecule has 1 aromatic rings. The highest BCUT2D eigenvalue weighted by molar-refractivity contribution is 5.89. The molecule has 16 heavy (non-hydrogen) atoms. The molecule has 1 aromatic carbocycles. The van der Waals surface area contributed by atoms with Crippen molar-refractivity contribution in [2.24, 2.45) is 4.99 Å². The summed E-state index contributed by atoms with van der Waals surface area (Å²) < 4.78 is 0. The number of rotatable bonds is 2. The van der Waals surface area contributed by atoms with Gasteiger partial charge in [-0.1, -0.05) is 36.4 Å². The summed E-state index contributed by atoms with van der Waals surface area (Å²) in [4.78, 5) is 4.38. The molecule has 0 unspecified atom stereocenters. The molecule has 2 nitrogen and oxygen atoms in total. The zero-order valence-electron chi connectivity index (χ0n) is 9.48. The van der Waals surface area contributed by atoms with Crippen molar-refractivity contribution in [3.63, 3.8) is 0 Å². The molecule has 0 fully saturated rings. The Morgan fingerprint density at radius 2 is 2.06 bits per heavy atom. The Hall–Kier alpha value is -1.83. The Labute approximate surface area is 96.4 Å². The molecular weight excluding hydrogens is 196 g/mol. The number of hydrogen-bond acceptors (Lipinski definition) is 1. The summed E-state index contributed by atoms with van der Waals surface area (Å²) in [5.74, 6) is 1.03. The van der Waals surface area contributed by atoms with Crippen molar-refractivity contribution in [1.82, 2.24) is 5.32 Å². The molecule has 0 bridgehead atoms. The van der Waals surface area contributed by atoms with Crippen LogP contribution in [0.5, 0.6) is 0 Å². The minimum atomic E-state index is 0.824. The zero-order chi connectivity index (χ0) is 11.2. The number of benzene rings is 1. The van der Waals surface area contributed by atoms with E-state index >= 15 is 0 Å². The Bertz CT molecular complexity index is 427. The number of nitrogens with zero attached hydrogens (tertiary/aromatic N) is 1. The van der Waals surface area contributed by atoms with E-state index in [9.17, 15) is 0 Å². The smallest absolute Gasteiger partial charge is 0.104 e. The maximum Gasteiger partial charge on any atom is 0.104 e. The molecule has 2 heteroatoms. The highest BCUT2D eigenvalue weighted by Gasteiger charge is 2.02. The van der Waals surface area contributed by atoms with Crippen LogP contribution in [0.15, 0.2) is 53.7 Å². The quantitative estimate of drug-likeness (QED) is 0.800. The van der Waals surface area contributed by atoms with Gasteiger partial charge in [0.2, 0.25) is 0 Å². The second kappa shape index (κ2) is 5.31. The summed E-state index contributed by atoms with van der Waals surface area (Å²) in [5, 5.41) is 3.20. The Kier molecular flexibility index (Phi) is 3.54. The van der Waals surface area contributed by atoms with Gasteiger partial charge in [-0.3, -0.25) is 4.99 Å². The van der Waals surface area contributed by atoms with Gasteiger partial charge in [-0.05, 0) is 24.1 Å². The number of allylic oxidation sites excluding steroid dienone is 2. The van der Waals surface area contributed by atoms with Gasteiger partial charge in [0.1, 0.15) is 5.84 Å². The SMILES string of the molecule is CCN=C1CC=C(c2ccccc2)C=CN1. The molecule has 82 valence electrons. The van der Waals surface area contributed by atoms with E-state index in [0.29, 0.717) is 0 Å². The molecule has 1 aliphatic rings. The largest absolute Gasteiger partial charge is 0.350 e. The van der Waals surface area contributed by atoms with Crippen LogP contribution in [-0.2, 0) is 0 Å². The normalized spacial score (nSPS) is 17.8. The summed E-state index contributed by atoms with van der Waals surface area (Å²) >= 11 is 0. The highest BCUT2D eigenvalue weighted by atomic mass is 15.0. The van der Waals surface area contributed by atoms with Gasteiger partial charge >= 0.3 is 0 Å².